The number of hydrogen-bond donors (Lipinski definition) is 2. The topological polar surface area (TPSA) is 67.2 Å². The van der Waals surface area contributed by atoms with E-state index in [4.69, 9.17) is 0 Å². The van der Waals surface area contributed by atoms with Crippen molar-refractivity contribution in [3.05, 3.63) is 24.0 Å². The first-order chi connectivity index (χ1) is 9.09. The standard InChI is InChI=1S/C14H21N3O2/c1-17-12(7-10-16-17)5-6-13(18)15-11-14(19)8-3-2-4-9-14/h5-7,10,19H,2-4,8-9,11H2,1H3,(H,15,18). The summed E-state index contributed by atoms with van der Waals surface area (Å²) >= 11 is 0. The summed E-state index contributed by atoms with van der Waals surface area (Å²) in [6.07, 6.45) is 9.68. The quantitative estimate of drug-likeness (QED) is 0.803. The number of hydrogen-bond acceptors (Lipinski definition) is 3. The fraction of sp³-hybridized carbons (Fsp3) is 0.571. The van der Waals surface area contributed by atoms with Crippen molar-refractivity contribution in [1.82, 2.24) is 15.1 Å². The Bertz CT molecular complexity index is 459. The zero-order chi connectivity index (χ0) is 13.7. The minimum Gasteiger partial charge on any atom is -0.388 e. The van der Waals surface area contributed by atoms with E-state index in [2.05, 4.69) is 10.4 Å². The Morgan fingerprint density at radius 2 is 2.26 bits per heavy atom. The van der Waals surface area contributed by atoms with Crippen LogP contribution < -0.4 is 5.32 Å². The summed E-state index contributed by atoms with van der Waals surface area (Å²) in [5, 5.41) is 17.1. The summed E-state index contributed by atoms with van der Waals surface area (Å²) in [5.74, 6) is -0.180. The summed E-state index contributed by atoms with van der Waals surface area (Å²) in [7, 11) is 1.82. The van der Waals surface area contributed by atoms with Crippen LogP contribution in [0.15, 0.2) is 18.3 Å². The maximum Gasteiger partial charge on any atom is 0.244 e. The second kappa shape index (κ2) is 6.02. The maximum atomic E-state index is 11.7. The molecule has 2 rings (SSSR count). The molecule has 19 heavy (non-hydrogen) atoms. The SMILES string of the molecule is Cn1nccc1C=CC(=O)NCC1(O)CCCCC1. The van der Waals surface area contributed by atoms with Crippen LogP contribution in [0.3, 0.4) is 0 Å². The Morgan fingerprint density at radius 3 is 2.89 bits per heavy atom. The molecule has 1 amide bonds. The van der Waals surface area contributed by atoms with Crippen molar-refractivity contribution < 1.29 is 9.90 Å². The number of nitrogens with one attached hydrogen (secondary N) is 1. The summed E-state index contributed by atoms with van der Waals surface area (Å²) in [6.45, 7) is 0.335. The van der Waals surface area contributed by atoms with Crippen LogP contribution in [0, 0.1) is 0 Å². The molecule has 0 saturated heterocycles. The second-order valence-corrected chi connectivity index (χ2v) is 5.22. The van der Waals surface area contributed by atoms with Crippen molar-refractivity contribution in [3.63, 3.8) is 0 Å². The highest BCUT2D eigenvalue weighted by Crippen LogP contribution is 2.27. The Hall–Kier alpha value is -1.62. The zero-order valence-electron chi connectivity index (χ0n) is 11.3. The van der Waals surface area contributed by atoms with Crippen LogP contribution >= 0.6 is 0 Å². The molecule has 1 fully saturated rings. The van der Waals surface area contributed by atoms with Gasteiger partial charge in [0.1, 0.15) is 0 Å². The maximum absolute atomic E-state index is 11.7. The van der Waals surface area contributed by atoms with Crippen LogP contribution in [0.2, 0.25) is 0 Å². The molecular formula is C14H21N3O2. The van der Waals surface area contributed by atoms with Crippen molar-refractivity contribution in [2.75, 3.05) is 6.54 Å². The lowest BCUT2D eigenvalue weighted by Gasteiger charge is -2.31. The monoisotopic (exact) mass is 263 g/mol. The lowest BCUT2D eigenvalue weighted by Crippen LogP contribution is -2.43. The highest BCUT2D eigenvalue weighted by atomic mass is 16.3. The number of amides is 1. The van der Waals surface area contributed by atoms with Crippen molar-refractivity contribution in [2.45, 2.75) is 37.7 Å². The summed E-state index contributed by atoms with van der Waals surface area (Å²) in [4.78, 5) is 11.7. The number of carbonyl (C=O) groups is 1. The first kappa shape index (κ1) is 13.8. The number of aliphatic hydroxyl groups is 1. The van der Waals surface area contributed by atoms with Gasteiger partial charge in [-0.05, 0) is 25.0 Å². The molecule has 0 radical (unpaired) electrons. The first-order valence-electron chi connectivity index (χ1n) is 6.75. The van der Waals surface area contributed by atoms with Crippen LogP contribution in [0.25, 0.3) is 6.08 Å². The van der Waals surface area contributed by atoms with Gasteiger partial charge in [-0.1, -0.05) is 19.3 Å². The number of carbonyl (C=O) groups excluding carboxylic acids is 1. The molecule has 1 saturated carbocycles. The van der Waals surface area contributed by atoms with E-state index >= 15 is 0 Å². The average Bonchev–Trinajstić information content (AvgIpc) is 2.81. The van der Waals surface area contributed by atoms with Gasteiger partial charge in [0.2, 0.25) is 5.91 Å². The molecule has 0 unspecified atom stereocenters. The van der Waals surface area contributed by atoms with Gasteiger partial charge in [0.05, 0.1) is 11.3 Å². The number of aromatic nitrogens is 2. The Labute approximate surface area is 113 Å². The molecule has 1 aliphatic carbocycles. The van der Waals surface area contributed by atoms with E-state index in [0.717, 1.165) is 31.4 Å². The van der Waals surface area contributed by atoms with E-state index in [9.17, 15) is 9.90 Å². The Kier molecular flexibility index (Phi) is 4.37. The Balaban J connectivity index is 1.81. The van der Waals surface area contributed by atoms with Gasteiger partial charge in [0, 0.05) is 25.9 Å². The van der Waals surface area contributed by atoms with Crippen LogP contribution in [0.4, 0.5) is 0 Å². The van der Waals surface area contributed by atoms with E-state index in [0.29, 0.717) is 6.54 Å². The molecular weight excluding hydrogens is 242 g/mol. The predicted octanol–water partition coefficient (Wildman–Crippen LogP) is 1.24. The van der Waals surface area contributed by atoms with Crippen LogP contribution in [0.5, 0.6) is 0 Å². The molecule has 2 N–H and O–H groups in total. The third kappa shape index (κ3) is 3.92. The molecule has 0 aliphatic heterocycles. The molecule has 104 valence electrons. The molecule has 0 bridgehead atoms. The van der Waals surface area contributed by atoms with E-state index in [1.807, 2.05) is 13.1 Å². The lowest BCUT2D eigenvalue weighted by molar-refractivity contribution is -0.118. The molecule has 0 spiro atoms. The third-order valence-corrected chi connectivity index (χ3v) is 3.64. The van der Waals surface area contributed by atoms with Gasteiger partial charge in [0.25, 0.3) is 0 Å². The second-order valence-electron chi connectivity index (χ2n) is 5.22. The van der Waals surface area contributed by atoms with Gasteiger partial charge in [-0.2, -0.15) is 5.10 Å². The van der Waals surface area contributed by atoms with E-state index in [1.54, 1.807) is 17.0 Å². The number of rotatable bonds is 4. The van der Waals surface area contributed by atoms with Gasteiger partial charge in [0.15, 0.2) is 0 Å². The molecule has 1 heterocycles. The largest absolute Gasteiger partial charge is 0.388 e. The molecule has 1 aromatic rings. The average molecular weight is 263 g/mol. The third-order valence-electron chi connectivity index (χ3n) is 3.64. The lowest BCUT2D eigenvalue weighted by atomic mass is 9.85. The van der Waals surface area contributed by atoms with E-state index in [1.165, 1.54) is 12.5 Å². The number of aryl methyl sites for hydroxylation is 1. The molecule has 1 aliphatic rings. The molecule has 0 atom stereocenters. The smallest absolute Gasteiger partial charge is 0.244 e. The van der Waals surface area contributed by atoms with Crippen molar-refractivity contribution in [2.24, 2.45) is 7.05 Å². The highest BCUT2D eigenvalue weighted by molar-refractivity contribution is 5.91. The summed E-state index contributed by atoms with van der Waals surface area (Å²) < 4.78 is 1.69. The molecule has 5 nitrogen and oxygen atoms in total. The van der Waals surface area contributed by atoms with Gasteiger partial charge < -0.3 is 10.4 Å². The zero-order valence-corrected chi connectivity index (χ0v) is 11.3. The predicted molar refractivity (Wildman–Crippen MR) is 73.3 cm³/mol. The highest BCUT2D eigenvalue weighted by Gasteiger charge is 2.29. The van der Waals surface area contributed by atoms with Crippen LogP contribution in [0.1, 0.15) is 37.8 Å². The summed E-state index contributed by atoms with van der Waals surface area (Å²) in [6, 6.07) is 1.83. The minimum atomic E-state index is -0.714. The van der Waals surface area contributed by atoms with Crippen molar-refractivity contribution in [3.8, 4) is 0 Å². The van der Waals surface area contributed by atoms with Crippen molar-refractivity contribution >= 4 is 12.0 Å². The fourth-order valence-electron chi connectivity index (χ4n) is 2.41. The van der Waals surface area contributed by atoms with Gasteiger partial charge in [-0.15, -0.1) is 0 Å². The number of nitrogens with zero attached hydrogens (tertiary/aromatic N) is 2. The normalized spacial score (nSPS) is 18.6. The fourth-order valence-corrected chi connectivity index (χ4v) is 2.41. The van der Waals surface area contributed by atoms with Crippen LogP contribution in [-0.4, -0.2) is 32.9 Å². The van der Waals surface area contributed by atoms with Gasteiger partial charge in [-0.3, -0.25) is 9.48 Å². The molecule has 0 aromatic carbocycles. The van der Waals surface area contributed by atoms with E-state index < -0.39 is 5.60 Å². The van der Waals surface area contributed by atoms with Crippen molar-refractivity contribution in [1.29, 1.82) is 0 Å². The van der Waals surface area contributed by atoms with E-state index in [-0.39, 0.29) is 5.91 Å². The summed E-state index contributed by atoms with van der Waals surface area (Å²) in [5.41, 5.74) is 0.153. The minimum absolute atomic E-state index is 0.180. The molecule has 1 aromatic heterocycles. The van der Waals surface area contributed by atoms with Gasteiger partial charge >= 0.3 is 0 Å². The van der Waals surface area contributed by atoms with Crippen LogP contribution in [-0.2, 0) is 11.8 Å². The van der Waals surface area contributed by atoms with Gasteiger partial charge in [-0.25, -0.2) is 0 Å². The molecule has 5 heteroatoms. The first-order valence-corrected chi connectivity index (χ1v) is 6.75. The Morgan fingerprint density at radius 1 is 1.53 bits per heavy atom.